The summed E-state index contributed by atoms with van der Waals surface area (Å²) in [6.07, 6.45) is 2.23. The van der Waals surface area contributed by atoms with Gasteiger partial charge in [-0.05, 0) is 24.0 Å². The molecule has 0 unspecified atom stereocenters. The van der Waals surface area contributed by atoms with Gasteiger partial charge in [0.1, 0.15) is 18.9 Å². The van der Waals surface area contributed by atoms with Crippen molar-refractivity contribution in [1.82, 2.24) is 9.80 Å². The van der Waals surface area contributed by atoms with Crippen molar-refractivity contribution in [1.29, 1.82) is 0 Å². The Balaban J connectivity index is 1.89. The Bertz CT molecular complexity index is 1270. The zero-order valence-electron chi connectivity index (χ0n) is 23.4. The largest absolute Gasteiger partial charge is 0.498 e. The van der Waals surface area contributed by atoms with Crippen LogP contribution in [0.5, 0.6) is 11.5 Å². The van der Waals surface area contributed by atoms with E-state index < -0.39 is 30.4 Å². The molecule has 1 aliphatic carbocycles. The van der Waals surface area contributed by atoms with Crippen molar-refractivity contribution in [2.75, 3.05) is 34.4 Å². The van der Waals surface area contributed by atoms with E-state index in [1.807, 2.05) is 45.9 Å². The molecule has 0 aromatic heterocycles. The molecule has 2 amide bonds. The summed E-state index contributed by atoms with van der Waals surface area (Å²) in [5.74, 6) is -0.886. The summed E-state index contributed by atoms with van der Waals surface area (Å²) in [4.78, 5) is 41.0. The molecule has 39 heavy (non-hydrogen) atoms. The van der Waals surface area contributed by atoms with Gasteiger partial charge in [0.2, 0.25) is 5.91 Å². The first kappa shape index (κ1) is 28.1. The van der Waals surface area contributed by atoms with Crippen molar-refractivity contribution >= 4 is 17.8 Å². The highest BCUT2D eigenvalue weighted by molar-refractivity contribution is 5.91. The number of carboxylic acids is 1. The van der Waals surface area contributed by atoms with E-state index >= 15 is 0 Å². The molecule has 2 heterocycles. The maximum absolute atomic E-state index is 14.1. The Hall–Kier alpha value is -3.95. The first-order valence-corrected chi connectivity index (χ1v) is 12.8. The van der Waals surface area contributed by atoms with Crippen molar-refractivity contribution in [2.24, 2.45) is 5.41 Å². The number of hydrogen-bond acceptors (Lipinski definition) is 7. The van der Waals surface area contributed by atoms with Gasteiger partial charge in [0, 0.05) is 18.2 Å². The van der Waals surface area contributed by atoms with Crippen LogP contribution in [0.4, 0.5) is 0 Å². The summed E-state index contributed by atoms with van der Waals surface area (Å²) < 4.78 is 23.7. The van der Waals surface area contributed by atoms with E-state index in [0.717, 1.165) is 21.6 Å². The maximum Gasteiger partial charge on any atom is 0.323 e. The Morgan fingerprint density at radius 3 is 2.54 bits per heavy atom. The van der Waals surface area contributed by atoms with Gasteiger partial charge in [0.05, 0.1) is 44.6 Å². The highest BCUT2D eigenvalue weighted by Gasteiger charge is 2.49. The highest BCUT2D eigenvalue weighted by Crippen LogP contribution is 2.50. The number of para-hydroxylation sites is 1. The third kappa shape index (κ3) is 5.20. The normalized spacial score (nSPS) is 22.5. The van der Waals surface area contributed by atoms with Crippen LogP contribution >= 0.6 is 0 Å². The summed E-state index contributed by atoms with van der Waals surface area (Å²) in [5.41, 5.74) is 2.64. The number of nitrogens with zero attached hydrogens (tertiary/aromatic N) is 2. The van der Waals surface area contributed by atoms with Gasteiger partial charge in [-0.15, -0.1) is 0 Å². The molecule has 1 aromatic rings. The highest BCUT2D eigenvalue weighted by atomic mass is 16.5. The lowest BCUT2D eigenvalue weighted by Gasteiger charge is -2.46. The number of allylic oxidation sites excluding steroid dienone is 2. The molecule has 0 saturated heterocycles. The van der Waals surface area contributed by atoms with Crippen molar-refractivity contribution in [3.63, 3.8) is 0 Å². The second kappa shape index (κ2) is 10.7. The van der Waals surface area contributed by atoms with E-state index in [9.17, 15) is 14.4 Å². The number of likely N-dealkylation sites (N-methyl/N-ethyl adjacent to an activating group) is 1. The van der Waals surface area contributed by atoms with Crippen LogP contribution < -0.4 is 9.47 Å². The van der Waals surface area contributed by atoms with Gasteiger partial charge in [-0.2, -0.15) is 0 Å². The van der Waals surface area contributed by atoms with E-state index in [1.54, 1.807) is 31.4 Å². The number of hydrogen-bond donors (Lipinski definition) is 1. The number of carboxylic acid groups (broad SMARTS) is 1. The average molecular weight is 541 g/mol. The van der Waals surface area contributed by atoms with E-state index in [1.165, 1.54) is 7.05 Å². The van der Waals surface area contributed by atoms with E-state index in [0.29, 0.717) is 23.0 Å². The molecule has 0 fully saturated rings. The zero-order chi connectivity index (χ0) is 28.6. The minimum Gasteiger partial charge on any atom is -0.498 e. The van der Waals surface area contributed by atoms with Crippen LogP contribution in [0.1, 0.15) is 45.6 Å². The lowest BCUT2D eigenvalue weighted by Crippen LogP contribution is -2.56. The molecule has 10 nitrogen and oxygen atoms in total. The number of carbonyl (C=O) groups is 3. The molecule has 0 bridgehead atoms. The predicted octanol–water partition coefficient (Wildman–Crippen LogP) is 3.45. The Labute approximate surface area is 228 Å². The fourth-order valence-corrected chi connectivity index (χ4v) is 5.24. The molecule has 4 rings (SSSR count). The van der Waals surface area contributed by atoms with Crippen molar-refractivity contribution in [3.8, 4) is 11.5 Å². The number of rotatable bonds is 7. The van der Waals surface area contributed by atoms with Crippen LogP contribution in [-0.2, 0) is 23.9 Å². The van der Waals surface area contributed by atoms with E-state index in [4.69, 9.17) is 24.1 Å². The van der Waals surface area contributed by atoms with Crippen LogP contribution in [0.15, 0.2) is 53.1 Å². The number of aliphatic carboxylic acids is 1. The van der Waals surface area contributed by atoms with Crippen LogP contribution in [0.25, 0.3) is 0 Å². The summed E-state index contributed by atoms with van der Waals surface area (Å²) in [5, 5.41) is 9.14. The third-order valence-corrected chi connectivity index (χ3v) is 7.33. The number of amides is 2. The standard InChI is InChI=1S/C29H36N2O8/c1-16-11-18(17-9-8-10-20(36-6)26(17)37-7)27-25-19(16)14-38-15-22(29(2,3)4)31(25)28(35)21(39-27)12-23(32)30(5)13-24(33)34/h8-11,14,18,21-22H,12-13,15H2,1-7H3,(H,33,34)/t18-,21+,22-/m0/s1. The topological polar surface area (TPSA) is 115 Å². The second-order valence-electron chi connectivity index (χ2n) is 11.0. The predicted molar refractivity (Wildman–Crippen MR) is 142 cm³/mol. The Kier molecular flexibility index (Phi) is 7.68. The van der Waals surface area contributed by atoms with E-state index in [-0.39, 0.29) is 30.4 Å². The van der Waals surface area contributed by atoms with Crippen LogP contribution in [-0.4, -0.2) is 79.3 Å². The maximum atomic E-state index is 14.1. The lowest BCUT2D eigenvalue weighted by atomic mass is 9.80. The minimum atomic E-state index is -1.15. The number of ether oxygens (including phenoxy) is 4. The molecule has 210 valence electrons. The molecule has 3 aliphatic rings. The van der Waals surface area contributed by atoms with Gasteiger partial charge in [0.15, 0.2) is 17.6 Å². The molecule has 1 N–H and O–H groups in total. The van der Waals surface area contributed by atoms with Gasteiger partial charge in [-0.3, -0.25) is 19.3 Å². The summed E-state index contributed by atoms with van der Waals surface area (Å²) >= 11 is 0. The number of benzene rings is 1. The van der Waals surface area contributed by atoms with Gasteiger partial charge in [0.25, 0.3) is 5.91 Å². The van der Waals surface area contributed by atoms with Crippen molar-refractivity contribution < 1.29 is 38.4 Å². The smallest absolute Gasteiger partial charge is 0.323 e. The first-order chi connectivity index (χ1) is 18.4. The molecule has 0 saturated carbocycles. The van der Waals surface area contributed by atoms with Gasteiger partial charge < -0.3 is 29.0 Å². The van der Waals surface area contributed by atoms with Gasteiger partial charge >= 0.3 is 5.97 Å². The second-order valence-corrected chi connectivity index (χ2v) is 11.0. The molecular weight excluding hydrogens is 504 g/mol. The average Bonchev–Trinajstić information content (AvgIpc) is 3.09. The van der Waals surface area contributed by atoms with Crippen LogP contribution in [0, 0.1) is 5.41 Å². The molecule has 0 spiro atoms. The van der Waals surface area contributed by atoms with E-state index in [2.05, 4.69) is 0 Å². The molecule has 3 atom stereocenters. The molecule has 2 aliphatic heterocycles. The molecular formula is C29H36N2O8. The summed E-state index contributed by atoms with van der Waals surface area (Å²) in [7, 11) is 4.52. The van der Waals surface area contributed by atoms with Gasteiger partial charge in [-0.1, -0.05) is 39.0 Å². The van der Waals surface area contributed by atoms with Crippen LogP contribution in [0.2, 0.25) is 0 Å². The van der Waals surface area contributed by atoms with Crippen molar-refractivity contribution in [2.45, 2.75) is 52.2 Å². The third-order valence-electron chi connectivity index (χ3n) is 7.33. The minimum absolute atomic E-state index is 0.259. The van der Waals surface area contributed by atoms with Gasteiger partial charge in [-0.25, -0.2) is 0 Å². The molecule has 1 aromatic carbocycles. The van der Waals surface area contributed by atoms with Crippen molar-refractivity contribution in [3.05, 3.63) is 58.7 Å². The van der Waals surface area contributed by atoms with Crippen LogP contribution in [0.3, 0.4) is 0 Å². The first-order valence-electron chi connectivity index (χ1n) is 12.8. The zero-order valence-corrected chi connectivity index (χ0v) is 23.4. The molecule has 10 heteroatoms. The summed E-state index contributed by atoms with van der Waals surface area (Å²) in [6.45, 7) is 7.83. The number of carbonyl (C=O) groups excluding carboxylic acids is 2. The SMILES string of the molecule is COc1cccc([C@@H]2C=C(C)C3=COC[C@@H](C(C)(C)C)N4C(=O)[C@@H](CC(=O)N(C)CC(=O)O)OC2=C34)c1OC. The Morgan fingerprint density at radius 1 is 1.21 bits per heavy atom. The lowest BCUT2D eigenvalue weighted by molar-refractivity contribution is -0.154. The monoisotopic (exact) mass is 540 g/mol. The fourth-order valence-electron chi connectivity index (χ4n) is 5.24. The molecule has 0 radical (unpaired) electrons. The fraction of sp³-hybridized carbons (Fsp3) is 0.483. The number of methoxy groups -OCH3 is 2. The Morgan fingerprint density at radius 2 is 1.92 bits per heavy atom. The quantitative estimate of drug-likeness (QED) is 0.559. The summed E-state index contributed by atoms with van der Waals surface area (Å²) in [6, 6.07) is 5.22.